The highest BCUT2D eigenvalue weighted by molar-refractivity contribution is 5.99. The Balaban J connectivity index is 1.34. The van der Waals surface area contributed by atoms with Gasteiger partial charge in [-0.15, -0.1) is 0 Å². The third kappa shape index (κ3) is 5.07. The van der Waals surface area contributed by atoms with E-state index < -0.39 is 0 Å². The highest BCUT2D eigenvalue weighted by atomic mass is 16.5. The van der Waals surface area contributed by atoms with Gasteiger partial charge < -0.3 is 19.5 Å². The minimum absolute atomic E-state index is 0.471. The quantitative estimate of drug-likeness (QED) is 0.573. The molecule has 2 saturated heterocycles. The summed E-state index contributed by atoms with van der Waals surface area (Å²) in [6.07, 6.45) is 2.43. The number of benzene rings is 3. The van der Waals surface area contributed by atoms with E-state index >= 15 is 0 Å². The van der Waals surface area contributed by atoms with E-state index in [1.807, 2.05) is 0 Å². The van der Waals surface area contributed by atoms with Gasteiger partial charge in [0.2, 0.25) is 0 Å². The summed E-state index contributed by atoms with van der Waals surface area (Å²) < 4.78 is 17.8. The zero-order valence-corrected chi connectivity index (χ0v) is 18.6. The van der Waals surface area contributed by atoms with Crippen molar-refractivity contribution in [1.82, 2.24) is 10.2 Å². The number of hydrogen-bond acceptors (Lipinski definition) is 5. The summed E-state index contributed by atoms with van der Waals surface area (Å²) in [5.74, 6) is 1.85. The van der Waals surface area contributed by atoms with Crippen LogP contribution in [0, 0.1) is 0 Å². The molecule has 0 bridgehead atoms. The molecule has 2 fully saturated rings. The van der Waals surface area contributed by atoms with Crippen LogP contribution in [0.4, 0.5) is 0 Å². The highest BCUT2D eigenvalue weighted by Gasteiger charge is 2.16. The minimum atomic E-state index is 0.471. The standard InChI is InChI=1S/C27H32N2O3/c1-2-6-25-21(4-1)9-12-26(31-19-16-29-14-17-30-18-15-29)27(25)22-7-10-24(11-8-22)32-20-23-5-3-13-28-23/h1-2,4,6-12,23,28H,3,5,13-20H2. The van der Waals surface area contributed by atoms with Crippen molar-refractivity contribution in [2.75, 3.05) is 52.6 Å². The Bertz CT molecular complexity index is 1010. The van der Waals surface area contributed by atoms with Crippen LogP contribution in [0.3, 0.4) is 0 Å². The second-order valence-electron chi connectivity index (χ2n) is 8.59. The Morgan fingerprint density at radius 1 is 0.938 bits per heavy atom. The SMILES string of the molecule is c1ccc2c(-c3ccc(OCC4CCCN4)cc3)c(OCCN3CCOCC3)ccc2c1. The van der Waals surface area contributed by atoms with E-state index in [9.17, 15) is 0 Å². The first-order chi connectivity index (χ1) is 15.9. The van der Waals surface area contributed by atoms with Gasteiger partial charge in [-0.2, -0.15) is 0 Å². The largest absolute Gasteiger partial charge is 0.492 e. The lowest BCUT2D eigenvalue weighted by molar-refractivity contribution is 0.0323. The summed E-state index contributed by atoms with van der Waals surface area (Å²) in [5.41, 5.74) is 2.30. The lowest BCUT2D eigenvalue weighted by Gasteiger charge is -2.26. The third-order valence-electron chi connectivity index (χ3n) is 6.42. The van der Waals surface area contributed by atoms with Gasteiger partial charge in [0.1, 0.15) is 24.7 Å². The molecule has 3 aromatic carbocycles. The first kappa shape index (κ1) is 21.3. The van der Waals surface area contributed by atoms with Crippen LogP contribution in [0.5, 0.6) is 11.5 Å². The third-order valence-corrected chi connectivity index (χ3v) is 6.42. The fourth-order valence-corrected chi connectivity index (χ4v) is 4.59. The number of nitrogens with one attached hydrogen (secondary N) is 1. The molecule has 0 amide bonds. The molecule has 1 unspecified atom stereocenters. The predicted octanol–water partition coefficient (Wildman–Crippen LogP) is 4.35. The summed E-state index contributed by atoms with van der Waals surface area (Å²) in [5, 5.41) is 5.91. The predicted molar refractivity (Wildman–Crippen MR) is 129 cm³/mol. The van der Waals surface area contributed by atoms with E-state index in [0.717, 1.165) is 68.6 Å². The molecule has 0 saturated carbocycles. The highest BCUT2D eigenvalue weighted by Crippen LogP contribution is 2.37. The van der Waals surface area contributed by atoms with E-state index in [1.165, 1.54) is 23.6 Å². The number of morpholine rings is 1. The van der Waals surface area contributed by atoms with E-state index in [0.29, 0.717) is 12.6 Å². The van der Waals surface area contributed by atoms with E-state index in [4.69, 9.17) is 14.2 Å². The van der Waals surface area contributed by atoms with Crippen LogP contribution in [-0.4, -0.2) is 63.5 Å². The van der Waals surface area contributed by atoms with E-state index in [-0.39, 0.29) is 0 Å². The fourth-order valence-electron chi connectivity index (χ4n) is 4.59. The van der Waals surface area contributed by atoms with Crippen LogP contribution >= 0.6 is 0 Å². The number of hydrogen-bond donors (Lipinski definition) is 1. The maximum absolute atomic E-state index is 6.33. The Hall–Kier alpha value is -2.60. The molecule has 2 aliphatic heterocycles. The first-order valence-electron chi connectivity index (χ1n) is 11.8. The molecule has 5 nitrogen and oxygen atoms in total. The van der Waals surface area contributed by atoms with Crippen molar-refractivity contribution in [2.24, 2.45) is 0 Å². The lowest BCUT2D eigenvalue weighted by Crippen LogP contribution is -2.38. The van der Waals surface area contributed by atoms with Crippen LogP contribution in [0.1, 0.15) is 12.8 Å². The van der Waals surface area contributed by atoms with Gasteiger partial charge in [-0.1, -0.05) is 42.5 Å². The zero-order valence-electron chi connectivity index (χ0n) is 18.6. The lowest BCUT2D eigenvalue weighted by atomic mass is 9.97. The molecule has 0 spiro atoms. The fraction of sp³-hybridized carbons (Fsp3) is 0.407. The van der Waals surface area contributed by atoms with Crippen molar-refractivity contribution in [3.63, 3.8) is 0 Å². The van der Waals surface area contributed by atoms with E-state index in [1.54, 1.807) is 0 Å². The van der Waals surface area contributed by atoms with Gasteiger partial charge in [-0.25, -0.2) is 0 Å². The number of nitrogens with zero attached hydrogens (tertiary/aromatic N) is 1. The van der Waals surface area contributed by atoms with Crippen LogP contribution in [-0.2, 0) is 4.74 Å². The van der Waals surface area contributed by atoms with Gasteiger partial charge in [0.05, 0.1) is 13.2 Å². The van der Waals surface area contributed by atoms with Crippen LogP contribution in [0.2, 0.25) is 0 Å². The molecule has 5 rings (SSSR count). The molecule has 32 heavy (non-hydrogen) atoms. The summed E-state index contributed by atoms with van der Waals surface area (Å²) in [6, 6.07) is 21.7. The number of ether oxygens (including phenoxy) is 3. The zero-order chi connectivity index (χ0) is 21.6. The maximum Gasteiger partial charge on any atom is 0.127 e. The molecule has 1 atom stereocenters. The second-order valence-corrected chi connectivity index (χ2v) is 8.59. The average Bonchev–Trinajstić information content (AvgIpc) is 3.37. The van der Waals surface area contributed by atoms with Gasteiger partial charge in [0, 0.05) is 31.2 Å². The summed E-state index contributed by atoms with van der Waals surface area (Å²) >= 11 is 0. The molecular weight excluding hydrogens is 400 g/mol. The summed E-state index contributed by atoms with van der Waals surface area (Å²) in [4.78, 5) is 2.40. The van der Waals surface area contributed by atoms with Gasteiger partial charge in [-0.3, -0.25) is 4.90 Å². The Morgan fingerprint density at radius 3 is 2.59 bits per heavy atom. The average molecular weight is 433 g/mol. The Labute approximate surface area is 190 Å². The molecule has 0 aromatic heterocycles. The van der Waals surface area contributed by atoms with Gasteiger partial charge in [-0.05, 0) is 53.9 Å². The molecular formula is C27H32N2O3. The molecule has 0 aliphatic carbocycles. The van der Waals surface area contributed by atoms with Gasteiger partial charge in [0.25, 0.3) is 0 Å². The van der Waals surface area contributed by atoms with Crippen molar-refractivity contribution in [2.45, 2.75) is 18.9 Å². The van der Waals surface area contributed by atoms with Crippen molar-refractivity contribution in [3.05, 3.63) is 60.7 Å². The van der Waals surface area contributed by atoms with Crippen LogP contribution in [0.15, 0.2) is 60.7 Å². The molecule has 168 valence electrons. The first-order valence-corrected chi connectivity index (χ1v) is 11.8. The molecule has 5 heteroatoms. The Kier molecular flexibility index (Phi) is 6.87. The minimum Gasteiger partial charge on any atom is -0.492 e. The molecule has 0 radical (unpaired) electrons. The monoisotopic (exact) mass is 432 g/mol. The normalized spacial score (nSPS) is 19.3. The second kappa shape index (κ2) is 10.3. The topological polar surface area (TPSA) is 43.0 Å². The van der Waals surface area contributed by atoms with Crippen LogP contribution in [0.25, 0.3) is 21.9 Å². The van der Waals surface area contributed by atoms with Gasteiger partial charge in [0.15, 0.2) is 0 Å². The molecule has 2 heterocycles. The van der Waals surface area contributed by atoms with Crippen molar-refractivity contribution in [1.29, 1.82) is 0 Å². The molecule has 2 aliphatic rings. The van der Waals surface area contributed by atoms with Crippen molar-refractivity contribution >= 4 is 10.8 Å². The van der Waals surface area contributed by atoms with Crippen molar-refractivity contribution in [3.8, 4) is 22.6 Å². The van der Waals surface area contributed by atoms with Crippen LogP contribution < -0.4 is 14.8 Å². The summed E-state index contributed by atoms with van der Waals surface area (Å²) in [7, 11) is 0. The number of rotatable bonds is 8. The maximum atomic E-state index is 6.33. The van der Waals surface area contributed by atoms with E-state index in [2.05, 4.69) is 70.9 Å². The van der Waals surface area contributed by atoms with Crippen molar-refractivity contribution < 1.29 is 14.2 Å². The molecule has 1 N–H and O–H groups in total. The summed E-state index contributed by atoms with van der Waals surface area (Å²) in [6.45, 7) is 6.99. The van der Waals surface area contributed by atoms with Gasteiger partial charge >= 0.3 is 0 Å². The molecule has 3 aromatic rings. The Morgan fingerprint density at radius 2 is 1.78 bits per heavy atom. The number of fused-ring (bicyclic) bond motifs is 1. The smallest absolute Gasteiger partial charge is 0.127 e.